The van der Waals surface area contributed by atoms with E-state index in [1.54, 1.807) is 13.2 Å². The lowest BCUT2D eigenvalue weighted by molar-refractivity contribution is 0.399. The van der Waals surface area contributed by atoms with E-state index in [0.717, 1.165) is 11.1 Å². The summed E-state index contributed by atoms with van der Waals surface area (Å²) in [4.78, 5) is 12.4. The monoisotopic (exact) mass is 233 g/mol. The maximum atomic E-state index is 5.83. The fraction of sp³-hybridized carbons (Fsp3) is 0.364. The summed E-state index contributed by atoms with van der Waals surface area (Å²) in [5, 5.41) is 0.832. The van der Waals surface area contributed by atoms with Crippen LogP contribution in [0.15, 0.2) is 6.07 Å². The summed E-state index contributed by atoms with van der Waals surface area (Å²) in [5.41, 5.74) is 12.9. The molecule has 2 aromatic rings. The van der Waals surface area contributed by atoms with E-state index in [0.29, 0.717) is 17.2 Å². The Balaban J connectivity index is 2.85. The Morgan fingerprint density at radius 1 is 1.18 bits per heavy atom. The largest absolute Gasteiger partial charge is 0.481 e. The first kappa shape index (κ1) is 11.4. The van der Waals surface area contributed by atoms with Gasteiger partial charge < -0.3 is 16.2 Å². The van der Waals surface area contributed by atoms with E-state index in [9.17, 15) is 0 Å². The van der Waals surface area contributed by atoms with Crippen LogP contribution < -0.4 is 16.2 Å². The number of nitrogen functional groups attached to an aromatic ring is 2. The molecule has 0 saturated heterocycles. The molecule has 17 heavy (non-hydrogen) atoms. The number of ether oxygens (including phenoxy) is 1. The molecular formula is C11H15N5O. The van der Waals surface area contributed by atoms with Crippen LogP contribution in [-0.2, 0) is 0 Å². The van der Waals surface area contributed by atoms with Gasteiger partial charge >= 0.3 is 0 Å². The van der Waals surface area contributed by atoms with Crippen LogP contribution in [0, 0.1) is 0 Å². The van der Waals surface area contributed by atoms with Crippen molar-refractivity contribution in [1.82, 2.24) is 15.0 Å². The van der Waals surface area contributed by atoms with Crippen LogP contribution in [0.1, 0.15) is 25.5 Å². The zero-order chi connectivity index (χ0) is 12.6. The Hall–Kier alpha value is -2.11. The molecule has 0 amide bonds. The highest BCUT2D eigenvalue weighted by atomic mass is 16.5. The van der Waals surface area contributed by atoms with Crippen LogP contribution in [0.4, 0.5) is 11.8 Å². The number of nitrogens with two attached hydrogens (primary N) is 2. The number of hydrogen-bond acceptors (Lipinski definition) is 6. The number of anilines is 2. The number of rotatable bonds is 2. The highest BCUT2D eigenvalue weighted by Gasteiger charge is 2.14. The molecule has 0 bridgehead atoms. The van der Waals surface area contributed by atoms with Gasteiger partial charge in [-0.2, -0.15) is 4.98 Å². The molecule has 2 rings (SSSR count). The van der Waals surface area contributed by atoms with Crippen LogP contribution in [-0.4, -0.2) is 22.1 Å². The number of fused-ring (bicyclic) bond motifs is 1. The Morgan fingerprint density at radius 3 is 2.47 bits per heavy atom. The molecule has 0 unspecified atom stereocenters. The van der Waals surface area contributed by atoms with Gasteiger partial charge in [0.15, 0.2) is 5.82 Å². The molecule has 0 atom stereocenters. The van der Waals surface area contributed by atoms with E-state index in [1.807, 2.05) is 13.8 Å². The van der Waals surface area contributed by atoms with Gasteiger partial charge in [0, 0.05) is 11.5 Å². The molecule has 90 valence electrons. The van der Waals surface area contributed by atoms with Crippen molar-refractivity contribution in [3.63, 3.8) is 0 Å². The first-order chi connectivity index (χ1) is 8.02. The molecule has 0 aromatic carbocycles. The van der Waals surface area contributed by atoms with Gasteiger partial charge in [0.1, 0.15) is 5.52 Å². The minimum Gasteiger partial charge on any atom is -0.481 e. The lowest BCUT2D eigenvalue weighted by Crippen LogP contribution is -2.05. The zero-order valence-electron chi connectivity index (χ0n) is 10.1. The number of pyridine rings is 1. The molecule has 6 nitrogen and oxygen atoms in total. The predicted octanol–water partition coefficient (Wildman–Crippen LogP) is 1.32. The van der Waals surface area contributed by atoms with E-state index in [2.05, 4.69) is 15.0 Å². The molecule has 0 fully saturated rings. The molecule has 2 aromatic heterocycles. The summed E-state index contributed by atoms with van der Waals surface area (Å²) in [5.74, 6) is 1.18. The first-order valence-electron chi connectivity index (χ1n) is 5.30. The third-order valence-electron chi connectivity index (χ3n) is 2.49. The van der Waals surface area contributed by atoms with E-state index in [4.69, 9.17) is 16.2 Å². The maximum absolute atomic E-state index is 5.83. The predicted molar refractivity (Wildman–Crippen MR) is 66.8 cm³/mol. The van der Waals surface area contributed by atoms with Gasteiger partial charge in [-0.1, -0.05) is 13.8 Å². The lowest BCUT2D eigenvalue weighted by Gasteiger charge is -2.11. The summed E-state index contributed by atoms with van der Waals surface area (Å²) < 4.78 is 5.09. The summed E-state index contributed by atoms with van der Waals surface area (Å²) in [7, 11) is 1.54. The summed E-state index contributed by atoms with van der Waals surface area (Å²) >= 11 is 0. The van der Waals surface area contributed by atoms with Gasteiger partial charge in [-0.25, -0.2) is 9.97 Å². The molecule has 0 spiro atoms. The molecule has 0 aliphatic heterocycles. The molecule has 4 N–H and O–H groups in total. The fourth-order valence-electron chi connectivity index (χ4n) is 1.71. The van der Waals surface area contributed by atoms with Gasteiger partial charge in [-0.15, -0.1) is 0 Å². The smallest absolute Gasteiger partial charge is 0.220 e. The normalized spacial score (nSPS) is 11.1. The van der Waals surface area contributed by atoms with E-state index in [1.165, 1.54) is 0 Å². The van der Waals surface area contributed by atoms with E-state index in [-0.39, 0.29) is 11.9 Å². The van der Waals surface area contributed by atoms with Crippen molar-refractivity contribution in [2.45, 2.75) is 19.8 Å². The second kappa shape index (κ2) is 4.04. The number of methoxy groups -OCH3 is 1. The number of nitrogens with zero attached hydrogens (tertiary/aromatic N) is 3. The van der Waals surface area contributed by atoms with Crippen LogP contribution in [0.5, 0.6) is 5.88 Å². The molecule has 6 heteroatoms. The maximum Gasteiger partial charge on any atom is 0.220 e. The van der Waals surface area contributed by atoms with Crippen molar-refractivity contribution in [2.75, 3.05) is 18.6 Å². The Bertz CT molecular complexity index is 567. The molecule has 2 heterocycles. The van der Waals surface area contributed by atoms with Crippen LogP contribution in [0.2, 0.25) is 0 Å². The molecule has 0 aliphatic carbocycles. The third kappa shape index (κ3) is 1.93. The Morgan fingerprint density at radius 2 is 1.88 bits per heavy atom. The minimum absolute atomic E-state index is 0.208. The van der Waals surface area contributed by atoms with Gasteiger partial charge in [-0.05, 0) is 5.92 Å². The SMILES string of the molecule is COc1cc2c(C(C)C)nc(N)nc2c(N)n1. The fourth-order valence-corrected chi connectivity index (χ4v) is 1.71. The van der Waals surface area contributed by atoms with Gasteiger partial charge in [0.2, 0.25) is 11.8 Å². The van der Waals surface area contributed by atoms with Gasteiger partial charge in [0.25, 0.3) is 0 Å². The van der Waals surface area contributed by atoms with E-state index >= 15 is 0 Å². The second-order valence-corrected chi connectivity index (χ2v) is 4.07. The highest BCUT2D eigenvalue weighted by Crippen LogP contribution is 2.28. The zero-order valence-corrected chi connectivity index (χ0v) is 10.1. The number of hydrogen-bond donors (Lipinski definition) is 2. The van der Waals surface area contributed by atoms with Crippen LogP contribution in [0.25, 0.3) is 10.9 Å². The standard InChI is InChI=1S/C11H15N5O/c1-5(2)8-6-4-7(17-3)14-10(12)9(6)16-11(13)15-8/h4-5H,1-3H3,(H2,12,14)(H2,13,15,16). The average molecular weight is 233 g/mol. The third-order valence-corrected chi connectivity index (χ3v) is 2.49. The molecular weight excluding hydrogens is 218 g/mol. The number of aromatic nitrogens is 3. The second-order valence-electron chi connectivity index (χ2n) is 4.07. The van der Waals surface area contributed by atoms with Gasteiger partial charge in [0.05, 0.1) is 12.8 Å². The van der Waals surface area contributed by atoms with Crippen molar-refractivity contribution in [3.8, 4) is 5.88 Å². The van der Waals surface area contributed by atoms with Crippen molar-refractivity contribution >= 4 is 22.7 Å². The minimum atomic E-state index is 0.208. The van der Waals surface area contributed by atoms with Crippen LogP contribution >= 0.6 is 0 Å². The Labute approximate surface area is 99.0 Å². The first-order valence-corrected chi connectivity index (χ1v) is 5.30. The summed E-state index contributed by atoms with van der Waals surface area (Å²) in [6, 6.07) is 1.78. The lowest BCUT2D eigenvalue weighted by atomic mass is 10.1. The molecule has 0 radical (unpaired) electrons. The molecule has 0 saturated carbocycles. The van der Waals surface area contributed by atoms with E-state index < -0.39 is 0 Å². The van der Waals surface area contributed by atoms with Crippen molar-refractivity contribution in [3.05, 3.63) is 11.8 Å². The topological polar surface area (TPSA) is 99.9 Å². The summed E-state index contributed by atoms with van der Waals surface area (Å²) in [6.07, 6.45) is 0. The van der Waals surface area contributed by atoms with Crippen molar-refractivity contribution in [2.24, 2.45) is 0 Å². The van der Waals surface area contributed by atoms with Crippen molar-refractivity contribution < 1.29 is 4.74 Å². The Kier molecular flexibility index (Phi) is 2.71. The van der Waals surface area contributed by atoms with Crippen LogP contribution in [0.3, 0.4) is 0 Å². The quantitative estimate of drug-likeness (QED) is 0.811. The highest BCUT2D eigenvalue weighted by molar-refractivity contribution is 5.90. The van der Waals surface area contributed by atoms with Crippen molar-refractivity contribution in [1.29, 1.82) is 0 Å². The average Bonchev–Trinajstić information content (AvgIpc) is 2.28. The van der Waals surface area contributed by atoms with Gasteiger partial charge in [-0.3, -0.25) is 0 Å². The molecule has 0 aliphatic rings. The summed E-state index contributed by atoms with van der Waals surface area (Å²) in [6.45, 7) is 4.06.